The Morgan fingerprint density at radius 1 is 1.40 bits per heavy atom. The van der Waals surface area contributed by atoms with Gasteiger partial charge in [-0.25, -0.2) is 4.39 Å². The van der Waals surface area contributed by atoms with Gasteiger partial charge < -0.3 is 11.1 Å². The highest BCUT2D eigenvalue weighted by molar-refractivity contribution is 5.80. The van der Waals surface area contributed by atoms with Crippen LogP contribution in [-0.2, 0) is 11.3 Å². The maximum atomic E-state index is 13.5. The first-order chi connectivity index (χ1) is 9.56. The fourth-order valence-corrected chi connectivity index (χ4v) is 3.78. The van der Waals surface area contributed by atoms with E-state index in [0.717, 1.165) is 18.4 Å². The van der Waals surface area contributed by atoms with E-state index < -0.39 is 0 Å². The smallest absolute Gasteiger partial charge is 0.225 e. The van der Waals surface area contributed by atoms with Crippen LogP contribution in [0.4, 0.5) is 4.39 Å². The normalized spacial score (nSPS) is 31.6. The van der Waals surface area contributed by atoms with Gasteiger partial charge in [0.1, 0.15) is 5.82 Å². The summed E-state index contributed by atoms with van der Waals surface area (Å²) in [6, 6.07) is 5.07. The van der Waals surface area contributed by atoms with E-state index in [9.17, 15) is 9.18 Å². The predicted octanol–water partition coefficient (Wildman–Crippen LogP) is 2.12. The van der Waals surface area contributed by atoms with Crippen LogP contribution in [0.2, 0.25) is 0 Å². The molecule has 0 spiro atoms. The lowest BCUT2D eigenvalue weighted by molar-refractivity contribution is -0.127. The molecule has 0 saturated heterocycles. The molecule has 4 heteroatoms. The monoisotopic (exact) mass is 276 g/mol. The molecule has 3 N–H and O–H groups in total. The van der Waals surface area contributed by atoms with Crippen LogP contribution in [0.1, 0.15) is 30.4 Å². The zero-order valence-electron chi connectivity index (χ0n) is 11.7. The predicted molar refractivity (Wildman–Crippen MR) is 75.3 cm³/mol. The average Bonchev–Trinajstić information content (AvgIpc) is 3.00. The first kappa shape index (κ1) is 13.6. The maximum absolute atomic E-state index is 13.5. The lowest BCUT2D eigenvalue weighted by atomic mass is 9.84. The highest BCUT2D eigenvalue weighted by atomic mass is 19.1. The second-order valence-corrected chi connectivity index (χ2v) is 6.24. The third kappa shape index (κ3) is 2.33. The number of carbonyl (C=O) groups is 1. The molecule has 3 rings (SSSR count). The molecule has 2 aliphatic carbocycles. The molecular formula is C16H21FN2O. The van der Waals surface area contributed by atoms with Crippen LogP contribution in [-0.4, -0.2) is 11.9 Å². The molecule has 0 aliphatic heterocycles. The first-order valence-electron chi connectivity index (χ1n) is 7.34. The van der Waals surface area contributed by atoms with E-state index in [0.29, 0.717) is 23.9 Å². The van der Waals surface area contributed by atoms with Gasteiger partial charge in [0.15, 0.2) is 0 Å². The summed E-state index contributed by atoms with van der Waals surface area (Å²) < 4.78 is 13.5. The quantitative estimate of drug-likeness (QED) is 0.888. The third-order valence-electron chi connectivity index (χ3n) is 4.99. The van der Waals surface area contributed by atoms with Crippen LogP contribution in [0.15, 0.2) is 18.2 Å². The zero-order chi connectivity index (χ0) is 14.3. The summed E-state index contributed by atoms with van der Waals surface area (Å²) in [4.78, 5) is 12.3. The fraction of sp³-hybridized carbons (Fsp3) is 0.562. The van der Waals surface area contributed by atoms with Crippen LogP contribution < -0.4 is 11.1 Å². The summed E-state index contributed by atoms with van der Waals surface area (Å²) in [5, 5.41) is 2.92. The Labute approximate surface area is 118 Å². The van der Waals surface area contributed by atoms with Crippen LogP contribution in [0.3, 0.4) is 0 Å². The Bertz CT molecular complexity index is 529. The van der Waals surface area contributed by atoms with Crippen molar-refractivity contribution in [1.29, 1.82) is 0 Å². The molecule has 1 amide bonds. The number of halogens is 1. The first-order valence-corrected chi connectivity index (χ1v) is 7.34. The maximum Gasteiger partial charge on any atom is 0.225 e. The number of hydrogen-bond acceptors (Lipinski definition) is 2. The van der Waals surface area contributed by atoms with E-state index in [4.69, 9.17) is 5.73 Å². The number of aryl methyl sites for hydroxylation is 1. The molecule has 0 aromatic heterocycles. The van der Waals surface area contributed by atoms with Gasteiger partial charge in [0, 0.05) is 12.6 Å². The molecule has 4 atom stereocenters. The van der Waals surface area contributed by atoms with Crippen molar-refractivity contribution in [1.82, 2.24) is 5.32 Å². The van der Waals surface area contributed by atoms with Crippen molar-refractivity contribution in [3.63, 3.8) is 0 Å². The van der Waals surface area contributed by atoms with Crippen LogP contribution in [0, 0.1) is 30.5 Å². The van der Waals surface area contributed by atoms with Gasteiger partial charge in [-0.15, -0.1) is 0 Å². The zero-order valence-corrected chi connectivity index (χ0v) is 11.7. The summed E-state index contributed by atoms with van der Waals surface area (Å²) >= 11 is 0. The Hall–Kier alpha value is -1.42. The minimum atomic E-state index is -0.228. The number of hydrogen-bond donors (Lipinski definition) is 2. The average molecular weight is 276 g/mol. The van der Waals surface area contributed by atoms with E-state index in [2.05, 4.69) is 5.32 Å². The second-order valence-electron chi connectivity index (χ2n) is 6.24. The van der Waals surface area contributed by atoms with E-state index in [1.54, 1.807) is 13.0 Å². The lowest BCUT2D eigenvalue weighted by Crippen LogP contribution is -2.45. The molecule has 0 heterocycles. The van der Waals surface area contributed by atoms with Gasteiger partial charge in [-0.2, -0.15) is 0 Å². The SMILES string of the molecule is Cc1ccc(CNC(=O)C2C3CCC(C3)C2N)cc1F. The van der Waals surface area contributed by atoms with Crippen molar-refractivity contribution in [3.05, 3.63) is 35.1 Å². The second kappa shape index (κ2) is 5.17. The molecule has 1 aromatic rings. The van der Waals surface area contributed by atoms with Crippen LogP contribution in [0.25, 0.3) is 0 Å². The van der Waals surface area contributed by atoms with E-state index in [1.165, 1.54) is 12.5 Å². The van der Waals surface area contributed by atoms with Gasteiger partial charge in [-0.1, -0.05) is 12.1 Å². The van der Waals surface area contributed by atoms with Crippen LogP contribution in [0.5, 0.6) is 0 Å². The Kier molecular flexibility index (Phi) is 3.50. The standard InChI is InChI=1S/C16H21FN2O/c1-9-2-3-10(6-13(9)17)8-19-16(20)14-11-4-5-12(7-11)15(14)18/h2-3,6,11-12,14-15H,4-5,7-8,18H2,1H3,(H,19,20). The molecule has 2 bridgehead atoms. The number of nitrogens with one attached hydrogen (secondary N) is 1. The van der Waals surface area contributed by atoms with Crippen molar-refractivity contribution in [2.24, 2.45) is 23.5 Å². The van der Waals surface area contributed by atoms with Gasteiger partial charge in [-0.3, -0.25) is 4.79 Å². The van der Waals surface area contributed by atoms with Crippen molar-refractivity contribution >= 4 is 5.91 Å². The van der Waals surface area contributed by atoms with Gasteiger partial charge in [-0.05, 0) is 55.2 Å². The molecular weight excluding hydrogens is 255 g/mol. The van der Waals surface area contributed by atoms with E-state index >= 15 is 0 Å². The number of fused-ring (bicyclic) bond motifs is 2. The van der Waals surface area contributed by atoms with Crippen molar-refractivity contribution in [2.75, 3.05) is 0 Å². The number of benzene rings is 1. The van der Waals surface area contributed by atoms with E-state index in [-0.39, 0.29) is 23.7 Å². The Morgan fingerprint density at radius 2 is 2.15 bits per heavy atom. The van der Waals surface area contributed by atoms with Gasteiger partial charge in [0.2, 0.25) is 5.91 Å². The summed E-state index contributed by atoms with van der Waals surface area (Å²) in [6.45, 7) is 2.10. The van der Waals surface area contributed by atoms with Crippen molar-refractivity contribution in [2.45, 2.75) is 38.8 Å². The summed E-state index contributed by atoms with van der Waals surface area (Å²) in [7, 11) is 0. The minimum Gasteiger partial charge on any atom is -0.352 e. The number of nitrogens with two attached hydrogens (primary N) is 1. The lowest BCUT2D eigenvalue weighted by Gasteiger charge is -2.27. The molecule has 2 saturated carbocycles. The molecule has 2 aliphatic rings. The summed E-state index contributed by atoms with van der Waals surface area (Å²) in [5.41, 5.74) is 7.57. The highest BCUT2D eigenvalue weighted by Crippen LogP contribution is 2.47. The third-order valence-corrected chi connectivity index (χ3v) is 4.99. The molecule has 4 unspecified atom stereocenters. The van der Waals surface area contributed by atoms with Crippen LogP contribution >= 0.6 is 0 Å². The Balaban J connectivity index is 1.61. The molecule has 3 nitrogen and oxygen atoms in total. The van der Waals surface area contributed by atoms with Crippen molar-refractivity contribution in [3.8, 4) is 0 Å². The van der Waals surface area contributed by atoms with Gasteiger partial charge in [0.05, 0.1) is 5.92 Å². The topological polar surface area (TPSA) is 55.1 Å². The molecule has 1 aromatic carbocycles. The fourth-order valence-electron chi connectivity index (χ4n) is 3.78. The number of amides is 1. The largest absolute Gasteiger partial charge is 0.352 e. The summed E-state index contributed by atoms with van der Waals surface area (Å²) in [6.07, 6.45) is 3.38. The summed E-state index contributed by atoms with van der Waals surface area (Å²) in [5.74, 6) is 0.723. The van der Waals surface area contributed by atoms with Gasteiger partial charge in [0.25, 0.3) is 0 Å². The molecule has 108 valence electrons. The van der Waals surface area contributed by atoms with Gasteiger partial charge >= 0.3 is 0 Å². The Morgan fingerprint density at radius 3 is 2.80 bits per heavy atom. The van der Waals surface area contributed by atoms with E-state index in [1.807, 2.05) is 6.07 Å². The highest BCUT2D eigenvalue weighted by Gasteiger charge is 2.48. The molecule has 20 heavy (non-hydrogen) atoms. The van der Waals surface area contributed by atoms with Crippen molar-refractivity contribution < 1.29 is 9.18 Å². The number of rotatable bonds is 3. The number of carbonyl (C=O) groups excluding carboxylic acids is 1. The molecule has 2 fully saturated rings. The molecule has 0 radical (unpaired) electrons. The minimum absolute atomic E-state index is 0.00324.